The van der Waals surface area contributed by atoms with Gasteiger partial charge in [-0.3, -0.25) is 0 Å². The van der Waals surface area contributed by atoms with Crippen molar-refractivity contribution in [2.24, 2.45) is 5.73 Å². The third-order valence-corrected chi connectivity index (χ3v) is 3.18. The van der Waals surface area contributed by atoms with E-state index in [9.17, 15) is 0 Å². The normalized spacial score (nSPS) is 17.9. The van der Waals surface area contributed by atoms with Gasteiger partial charge in [0, 0.05) is 24.7 Å². The van der Waals surface area contributed by atoms with Crippen LogP contribution in [0.2, 0.25) is 0 Å². The maximum absolute atomic E-state index is 5.45. The first-order valence-electron chi connectivity index (χ1n) is 5.94. The molecular weight excluding hydrogens is 200 g/mol. The van der Waals surface area contributed by atoms with E-state index in [0.717, 1.165) is 13.0 Å². The number of nitrogens with one attached hydrogen (secondary N) is 1. The van der Waals surface area contributed by atoms with Gasteiger partial charge in [0.2, 0.25) is 5.95 Å². The van der Waals surface area contributed by atoms with Crippen LogP contribution in [0.1, 0.15) is 37.9 Å². The maximum atomic E-state index is 5.45. The van der Waals surface area contributed by atoms with Crippen molar-refractivity contribution >= 4 is 5.95 Å². The molecule has 0 saturated carbocycles. The van der Waals surface area contributed by atoms with Crippen LogP contribution in [0.5, 0.6) is 0 Å². The molecule has 0 bridgehead atoms. The number of anilines is 1. The number of nitrogens with two attached hydrogens (primary N) is 1. The number of hydrogen-bond donors (Lipinski definition) is 2. The summed E-state index contributed by atoms with van der Waals surface area (Å²) >= 11 is 0. The second-order valence-electron chi connectivity index (χ2n) is 5.02. The molecule has 1 aliphatic rings. The van der Waals surface area contributed by atoms with Crippen molar-refractivity contribution < 1.29 is 0 Å². The summed E-state index contributed by atoms with van der Waals surface area (Å²) in [6, 6.07) is 0. The SMILES string of the molecule is CC1(C)CCCc2cnc(NCCN)nc21. The van der Waals surface area contributed by atoms with Crippen molar-refractivity contribution in [3.63, 3.8) is 0 Å². The van der Waals surface area contributed by atoms with Crippen molar-refractivity contribution in [1.82, 2.24) is 9.97 Å². The van der Waals surface area contributed by atoms with E-state index in [0.29, 0.717) is 12.5 Å². The van der Waals surface area contributed by atoms with Crippen LogP contribution >= 0.6 is 0 Å². The third-order valence-electron chi connectivity index (χ3n) is 3.18. The molecule has 0 radical (unpaired) electrons. The van der Waals surface area contributed by atoms with Gasteiger partial charge in [-0.05, 0) is 24.8 Å². The fourth-order valence-electron chi connectivity index (χ4n) is 2.28. The van der Waals surface area contributed by atoms with Crippen LogP contribution in [0, 0.1) is 0 Å². The zero-order valence-electron chi connectivity index (χ0n) is 10.1. The molecule has 1 aromatic heterocycles. The smallest absolute Gasteiger partial charge is 0.222 e. The molecule has 3 N–H and O–H groups in total. The predicted octanol–water partition coefficient (Wildman–Crippen LogP) is 1.46. The van der Waals surface area contributed by atoms with Gasteiger partial charge >= 0.3 is 0 Å². The number of fused-ring (bicyclic) bond motifs is 1. The van der Waals surface area contributed by atoms with Crippen LogP contribution in [0.3, 0.4) is 0 Å². The molecule has 1 aliphatic carbocycles. The van der Waals surface area contributed by atoms with E-state index >= 15 is 0 Å². The zero-order valence-corrected chi connectivity index (χ0v) is 10.1. The molecule has 0 spiro atoms. The lowest BCUT2D eigenvalue weighted by molar-refractivity contribution is 0.417. The Morgan fingerprint density at radius 2 is 2.31 bits per heavy atom. The van der Waals surface area contributed by atoms with Crippen LogP contribution in [0.4, 0.5) is 5.95 Å². The van der Waals surface area contributed by atoms with Gasteiger partial charge in [0.15, 0.2) is 0 Å². The van der Waals surface area contributed by atoms with E-state index in [2.05, 4.69) is 29.1 Å². The highest BCUT2D eigenvalue weighted by molar-refractivity contribution is 5.35. The lowest BCUT2D eigenvalue weighted by Crippen LogP contribution is -2.26. The van der Waals surface area contributed by atoms with Crippen molar-refractivity contribution in [2.45, 2.75) is 38.5 Å². The molecule has 88 valence electrons. The van der Waals surface area contributed by atoms with Gasteiger partial charge in [-0.1, -0.05) is 13.8 Å². The van der Waals surface area contributed by atoms with Gasteiger partial charge in [0.1, 0.15) is 0 Å². The van der Waals surface area contributed by atoms with Gasteiger partial charge in [-0.15, -0.1) is 0 Å². The summed E-state index contributed by atoms with van der Waals surface area (Å²) in [6.07, 6.45) is 5.50. The molecule has 16 heavy (non-hydrogen) atoms. The van der Waals surface area contributed by atoms with Gasteiger partial charge in [0.05, 0.1) is 5.69 Å². The second kappa shape index (κ2) is 4.37. The second-order valence-corrected chi connectivity index (χ2v) is 5.02. The summed E-state index contributed by atoms with van der Waals surface area (Å²) in [5, 5.41) is 3.13. The molecule has 0 unspecified atom stereocenters. The first-order valence-corrected chi connectivity index (χ1v) is 5.94. The molecule has 0 saturated heterocycles. The Bertz CT molecular complexity index is 373. The summed E-state index contributed by atoms with van der Waals surface area (Å²) in [5.74, 6) is 0.708. The molecule has 0 aliphatic heterocycles. The van der Waals surface area contributed by atoms with E-state index in [-0.39, 0.29) is 5.41 Å². The predicted molar refractivity (Wildman–Crippen MR) is 65.5 cm³/mol. The van der Waals surface area contributed by atoms with Crippen molar-refractivity contribution in [3.8, 4) is 0 Å². The molecule has 0 fully saturated rings. The number of hydrogen-bond acceptors (Lipinski definition) is 4. The van der Waals surface area contributed by atoms with E-state index in [4.69, 9.17) is 5.73 Å². The van der Waals surface area contributed by atoms with Gasteiger partial charge in [0.25, 0.3) is 0 Å². The Labute approximate surface area is 96.7 Å². The number of rotatable bonds is 3. The first-order chi connectivity index (χ1) is 7.63. The molecule has 0 aromatic carbocycles. The molecule has 0 amide bonds. The highest BCUT2D eigenvalue weighted by atomic mass is 15.1. The van der Waals surface area contributed by atoms with Crippen LogP contribution in [-0.2, 0) is 11.8 Å². The monoisotopic (exact) mass is 220 g/mol. The highest BCUT2D eigenvalue weighted by Crippen LogP contribution is 2.35. The number of aryl methyl sites for hydroxylation is 1. The first kappa shape index (κ1) is 11.3. The van der Waals surface area contributed by atoms with E-state index < -0.39 is 0 Å². The molecular formula is C12H20N4. The van der Waals surface area contributed by atoms with Crippen LogP contribution in [0.15, 0.2) is 6.20 Å². The molecule has 2 rings (SSSR count). The topological polar surface area (TPSA) is 63.8 Å². The zero-order chi connectivity index (χ0) is 11.6. The fraction of sp³-hybridized carbons (Fsp3) is 0.667. The van der Waals surface area contributed by atoms with E-state index in [1.807, 2.05) is 6.20 Å². The summed E-state index contributed by atoms with van der Waals surface area (Å²) in [6.45, 7) is 5.83. The van der Waals surface area contributed by atoms with Gasteiger partial charge < -0.3 is 11.1 Å². The largest absolute Gasteiger partial charge is 0.353 e. The molecule has 0 atom stereocenters. The fourth-order valence-corrected chi connectivity index (χ4v) is 2.28. The molecule has 4 nitrogen and oxygen atoms in total. The summed E-state index contributed by atoms with van der Waals surface area (Å²) in [7, 11) is 0. The standard InChI is InChI=1S/C12H20N4/c1-12(2)5-3-4-9-8-15-11(14-7-6-13)16-10(9)12/h8H,3-7,13H2,1-2H3,(H,14,15,16). The van der Waals surface area contributed by atoms with Crippen molar-refractivity contribution in [1.29, 1.82) is 0 Å². The molecule has 1 aromatic rings. The Morgan fingerprint density at radius 1 is 1.50 bits per heavy atom. The van der Waals surface area contributed by atoms with E-state index in [1.165, 1.54) is 24.1 Å². The summed E-state index contributed by atoms with van der Waals surface area (Å²) in [5.41, 5.74) is 8.13. The van der Waals surface area contributed by atoms with Crippen molar-refractivity contribution in [3.05, 3.63) is 17.5 Å². The molecule has 1 heterocycles. The lowest BCUT2D eigenvalue weighted by Gasteiger charge is -2.31. The van der Waals surface area contributed by atoms with Gasteiger partial charge in [-0.25, -0.2) is 9.97 Å². The minimum absolute atomic E-state index is 0.176. The Balaban J connectivity index is 2.28. The van der Waals surface area contributed by atoms with Crippen LogP contribution < -0.4 is 11.1 Å². The lowest BCUT2D eigenvalue weighted by atomic mass is 9.76. The van der Waals surface area contributed by atoms with E-state index in [1.54, 1.807) is 0 Å². The van der Waals surface area contributed by atoms with Gasteiger partial charge in [-0.2, -0.15) is 0 Å². The minimum Gasteiger partial charge on any atom is -0.353 e. The third kappa shape index (κ3) is 2.16. The minimum atomic E-state index is 0.176. The molecule has 4 heteroatoms. The summed E-state index contributed by atoms with van der Waals surface area (Å²) in [4.78, 5) is 8.94. The highest BCUT2D eigenvalue weighted by Gasteiger charge is 2.29. The van der Waals surface area contributed by atoms with Crippen molar-refractivity contribution in [2.75, 3.05) is 18.4 Å². The Hall–Kier alpha value is -1.16. The summed E-state index contributed by atoms with van der Waals surface area (Å²) < 4.78 is 0. The Morgan fingerprint density at radius 3 is 3.06 bits per heavy atom. The number of aromatic nitrogens is 2. The quantitative estimate of drug-likeness (QED) is 0.809. The maximum Gasteiger partial charge on any atom is 0.222 e. The number of nitrogens with zero attached hydrogens (tertiary/aromatic N) is 2. The average molecular weight is 220 g/mol. The Kier molecular flexibility index (Phi) is 3.10. The van der Waals surface area contributed by atoms with Crippen LogP contribution in [0.25, 0.3) is 0 Å². The average Bonchev–Trinajstić information content (AvgIpc) is 2.26. The van der Waals surface area contributed by atoms with Crippen LogP contribution in [-0.4, -0.2) is 23.1 Å².